The Morgan fingerprint density at radius 3 is 2.38 bits per heavy atom. The average Bonchev–Trinajstić information content (AvgIpc) is 2.43. The Kier molecular flexibility index (Phi) is 5.36. The normalized spacial score (nSPS) is 15.7. The number of rotatable bonds is 5. The molecule has 21 heavy (non-hydrogen) atoms. The van der Waals surface area contributed by atoms with Crippen LogP contribution in [0.25, 0.3) is 5.57 Å². The molecule has 118 valence electrons. The third-order valence-electron chi connectivity index (χ3n) is 3.14. The molecule has 0 aliphatic carbocycles. The Labute approximate surface area is 119 Å². The van der Waals surface area contributed by atoms with Gasteiger partial charge in [0.1, 0.15) is 0 Å². The molecule has 0 saturated heterocycles. The van der Waals surface area contributed by atoms with E-state index in [0.29, 0.717) is 0 Å². The summed E-state index contributed by atoms with van der Waals surface area (Å²) in [6, 6.07) is 3.81. The maximum absolute atomic E-state index is 13.6. The molecule has 0 spiro atoms. The van der Waals surface area contributed by atoms with E-state index in [0.717, 1.165) is 6.07 Å². The highest BCUT2D eigenvalue weighted by Gasteiger charge is 2.53. The van der Waals surface area contributed by atoms with Crippen LogP contribution >= 0.6 is 0 Å². The highest BCUT2D eigenvalue weighted by atomic mass is 19.4. The molecule has 1 atom stereocenters. The predicted octanol–water partition coefficient (Wildman–Crippen LogP) is 2.91. The summed E-state index contributed by atoms with van der Waals surface area (Å²) in [6.07, 6.45) is -4.62. The van der Waals surface area contributed by atoms with Crippen LogP contribution in [0.1, 0.15) is 18.9 Å². The van der Waals surface area contributed by atoms with E-state index in [1.165, 1.54) is 32.2 Å². The van der Waals surface area contributed by atoms with Crippen molar-refractivity contribution in [3.63, 3.8) is 0 Å². The number of alkyl halides is 3. The molecule has 0 amide bonds. The van der Waals surface area contributed by atoms with Crippen molar-refractivity contribution in [2.75, 3.05) is 13.7 Å². The van der Waals surface area contributed by atoms with Gasteiger partial charge in [0, 0.05) is 12.0 Å². The van der Waals surface area contributed by atoms with Gasteiger partial charge in [-0.05, 0) is 18.6 Å². The second kappa shape index (κ2) is 6.44. The van der Waals surface area contributed by atoms with E-state index in [4.69, 9.17) is 9.84 Å². The topological polar surface area (TPSA) is 49.7 Å². The lowest BCUT2D eigenvalue weighted by atomic mass is 9.90. The van der Waals surface area contributed by atoms with Gasteiger partial charge in [0.2, 0.25) is 0 Å². The molecule has 0 saturated carbocycles. The third kappa shape index (κ3) is 3.54. The van der Waals surface area contributed by atoms with Crippen molar-refractivity contribution in [1.29, 1.82) is 0 Å². The Morgan fingerprint density at radius 1 is 1.33 bits per heavy atom. The fourth-order valence-corrected chi connectivity index (χ4v) is 1.88. The molecule has 1 unspecified atom stereocenters. The fraction of sp³-hybridized carbons (Fsp3) is 0.429. The van der Waals surface area contributed by atoms with E-state index in [2.05, 4.69) is 0 Å². The van der Waals surface area contributed by atoms with Crippen molar-refractivity contribution in [2.45, 2.75) is 25.1 Å². The number of allylic oxidation sites excluding steroid dienone is 1. The molecule has 1 rings (SSSR count). The van der Waals surface area contributed by atoms with Gasteiger partial charge in [0.15, 0.2) is 17.2 Å². The Bertz CT molecular complexity index is 525. The minimum Gasteiger partial charge on any atom is -0.493 e. The van der Waals surface area contributed by atoms with E-state index in [1.807, 2.05) is 0 Å². The Hall–Kier alpha value is -1.60. The van der Waals surface area contributed by atoms with Crippen molar-refractivity contribution in [3.05, 3.63) is 35.7 Å². The van der Waals surface area contributed by atoms with Gasteiger partial charge in [-0.2, -0.15) is 13.2 Å². The standard InChI is InChI=1S/C14H16F4O3/c1-3-9(7-13(20,8-19)14(16,17)18)10-5-4-6-11(15)12(10)21-2/h3-6,19-20H,7-8H2,1-2H3. The van der Waals surface area contributed by atoms with E-state index in [-0.39, 0.29) is 16.9 Å². The van der Waals surface area contributed by atoms with Gasteiger partial charge < -0.3 is 14.9 Å². The van der Waals surface area contributed by atoms with Gasteiger partial charge in [0.05, 0.1) is 13.7 Å². The van der Waals surface area contributed by atoms with Crippen molar-refractivity contribution >= 4 is 5.57 Å². The quantitative estimate of drug-likeness (QED) is 0.822. The van der Waals surface area contributed by atoms with E-state index in [9.17, 15) is 22.7 Å². The summed E-state index contributed by atoms with van der Waals surface area (Å²) >= 11 is 0. The summed E-state index contributed by atoms with van der Waals surface area (Å²) in [4.78, 5) is 0. The fourth-order valence-electron chi connectivity index (χ4n) is 1.88. The monoisotopic (exact) mass is 308 g/mol. The molecule has 3 nitrogen and oxygen atoms in total. The average molecular weight is 308 g/mol. The van der Waals surface area contributed by atoms with Gasteiger partial charge >= 0.3 is 6.18 Å². The number of ether oxygens (including phenoxy) is 1. The molecular weight excluding hydrogens is 292 g/mol. The summed E-state index contributed by atoms with van der Waals surface area (Å²) in [5.74, 6) is -0.943. The van der Waals surface area contributed by atoms with Crippen LogP contribution in [0.15, 0.2) is 24.3 Å². The first kappa shape index (κ1) is 17.5. The van der Waals surface area contributed by atoms with Crippen molar-refractivity contribution in [2.24, 2.45) is 0 Å². The lowest BCUT2D eigenvalue weighted by molar-refractivity contribution is -0.268. The number of aliphatic hydroxyl groups is 2. The first-order valence-electron chi connectivity index (χ1n) is 6.08. The molecule has 0 heterocycles. The van der Waals surface area contributed by atoms with Gasteiger partial charge in [-0.1, -0.05) is 18.2 Å². The van der Waals surface area contributed by atoms with Gasteiger partial charge in [0.25, 0.3) is 0 Å². The second-order valence-corrected chi connectivity index (χ2v) is 4.50. The lowest BCUT2D eigenvalue weighted by Gasteiger charge is -2.29. The van der Waals surface area contributed by atoms with Crippen LogP contribution < -0.4 is 4.74 Å². The molecule has 0 aliphatic rings. The first-order valence-corrected chi connectivity index (χ1v) is 6.08. The Morgan fingerprint density at radius 2 is 1.95 bits per heavy atom. The van der Waals surface area contributed by atoms with Crippen LogP contribution in [0.4, 0.5) is 17.6 Å². The SMILES string of the molecule is CC=C(CC(O)(CO)C(F)(F)F)c1cccc(F)c1OC. The van der Waals surface area contributed by atoms with Crippen LogP contribution in [0, 0.1) is 5.82 Å². The Balaban J connectivity index is 3.26. The van der Waals surface area contributed by atoms with Gasteiger partial charge in [-0.3, -0.25) is 0 Å². The van der Waals surface area contributed by atoms with Crippen molar-refractivity contribution in [1.82, 2.24) is 0 Å². The molecule has 0 radical (unpaired) electrons. The molecule has 0 fully saturated rings. The highest BCUT2D eigenvalue weighted by molar-refractivity contribution is 5.71. The molecule has 1 aromatic rings. The summed E-state index contributed by atoms with van der Waals surface area (Å²) < 4.78 is 57.0. The second-order valence-electron chi connectivity index (χ2n) is 4.50. The van der Waals surface area contributed by atoms with E-state index in [1.54, 1.807) is 0 Å². The summed E-state index contributed by atoms with van der Waals surface area (Å²) in [7, 11) is 1.19. The lowest BCUT2D eigenvalue weighted by Crippen LogP contribution is -2.48. The smallest absolute Gasteiger partial charge is 0.419 e. The molecule has 0 aromatic heterocycles. The third-order valence-corrected chi connectivity index (χ3v) is 3.14. The zero-order valence-electron chi connectivity index (χ0n) is 11.5. The number of hydrogen-bond donors (Lipinski definition) is 2. The molecule has 2 N–H and O–H groups in total. The minimum absolute atomic E-state index is 0.0141. The summed E-state index contributed by atoms with van der Waals surface area (Å²) in [6.45, 7) is -0.0423. The van der Waals surface area contributed by atoms with Crippen LogP contribution in [-0.4, -0.2) is 35.7 Å². The van der Waals surface area contributed by atoms with E-state index >= 15 is 0 Å². The van der Waals surface area contributed by atoms with Crippen molar-refractivity contribution < 1.29 is 32.5 Å². The zero-order valence-corrected chi connectivity index (χ0v) is 11.5. The predicted molar refractivity (Wildman–Crippen MR) is 69.3 cm³/mol. The number of benzene rings is 1. The van der Waals surface area contributed by atoms with Crippen LogP contribution in [-0.2, 0) is 0 Å². The largest absolute Gasteiger partial charge is 0.493 e. The molecule has 0 aliphatic heterocycles. The molecule has 0 bridgehead atoms. The number of para-hydroxylation sites is 1. The summed E-state index contributed by atoms with van der Waals surface area (Å²) in [5, 5.41) is 18.5. The van der Waals surface area contributed by atoms with Gasteiger partial charge in [-0.15, -0.1) is 0 Å². The summed E-state index contributed by atoms with van der Waals surface area (Å²) in [5.41, 5.74) is -3.19. The molecular formula is C14H16F4O3. The van der Waals surface area contributed by atoms with Crippen LogP contribution in [0.5, 0.6) is 5.75 Å². The number of halogens is 4. The maximum atomic E-state index is 13.6. The first-order chi connectivity index (χ1) is 9.70. The minimum atomic E-state index is -5.02. The molecule has 7 heteroatoms. The number of aliphatic hydroxyl groups excluding tert-OH is 1. The maximum Gasteiger partial charge on any atom is 0.419 e. The highest BCUT2D eigenvalue weighted by Crippen LogP contribution is 2.40. The number of hydrogen-bond acceptors (Lipinski definition) is 3. The van der Waals surface area contributed by atoms with Crippen LogP contribution in [0.2, 0.25) is 0 Å². The zero-order chi connectivity index (χ0) is 16.3. The van der Waals surface area contributed by atoms with Crippen LogP contribution in [0.3, 0.4) is 0 Å². The van der Waals surface area contributed by atoms with Gasteiger partial charge in [-0.25, -0.2) is 4.39 Å². The van der Waals surface area contributed by atoms with Crippen molar-refractivity contribution in [3.8, 4) is 5.75 Å². The number of methoxy groups -OCH3 is 1. The van der Waals surface area contributed by atoms with E-state index < -0.39 is 30.6 Å². The molecule has 1 aromatic carbocycles.